The summed E-state index contributed by atoms with van der Waals surface area (Å²) < 4.78 is 12.1. The second-order valence-electron chi connectivity index (χ2n) is 8.77. The lowest BCUT2D eigenvalue weighted by Crippen LogP contribution is -2.39. The minimum absolute atomic E-state index is 0.0272. The van der Waals surface area contributed by atoms with Gasteiger partial charge in [-0.1, -0.05) is 53.8 Å². The predicted octanol–water partition coefficient (Wildman–Crippen LogP) is 5.73. The minimum Gasteiger partial charge on any atom is -0.494 e. The molecule has 1 fully saturated rings. The van der Waals surface area contributed by atoms with Gasteiger partial charge in [-0.3, -0.25) is 14.6 Å². The fraction of sp³-hybridized carbons (Fsp3) is 0.310. The normalized spacial score (nSPS) is 14.1. The first-order valence-corrected chi connectivity index (χ1v) is 13.3. The number of carbonyl (C=O) groups excluding carboxylic acids is 1. The van der Waals surface area contributed by atoms with E-state index in [0.29, 0.717) is 18.7 Å². The van der Waals surface area contributed by atoms with Crippen molar-refractivity contribution < 1.29 is 14.3 Å². The molecule has 1 saturated heterocycles. The molecule has 1 amide bonds. The number of benzene rings is 3. The largest absolute Gasteiger partial charge is 0.494 e. The lowest BCUT2D eigenvalue weighted by Gasteiger charge is -2.27. The molecule has 7 heteroatoms. The maximum atomic E-state index is 13.8. The molecule has 0 spiro atoms. The molecule has 1 aliphatic heterocycles. The molecule has 4 aromatic rings. The number of hydrogen-bond donors (Lipinski definition) is 0. The molecule has 0 N–H and O–H groups in total. The summed E-state index contributed by atoms with van der Waals surface area (Å²) in [5.74, 6) is 0.794. The summed E-state index contributed by atoms with van der Waals surface area (Å²) in [6.07, 6.45) is 0.869. The van der Waals surface area contributed by atoms with Gasteiger partial charge in [0.25, 0.3) is 5.91 Å². The summed E-state index contributed by atoms with van der Waals surface area (Å²) >= 11 is 1.53. The number of ether oxygens (including phenoxy) is 2. The van der Waals surface area contributed by atoms with Gasteiger partial charge in [0.15, 0.2) is 5.13 Å². The highest BCUT2D eigenvalue weighted by atomic mass is 32.1. The van der Waals surface area contributed by atoms with Gasteiger partial charge in [0, 0.05) is 31.7 Å². The van der Waals surface area contributed by atoms with E-state index in [-0.39, 0.29) is 5.91 Å². The average Bonchev–Trinajstić information content (AvgIpc) is 3.35. The summed E-state index contributed by atoms with van der Waals surface area (Å²) in [7, 11) is 0. The van der Waals surface area contributed by atoms with Gasteiger partial charge in [-0.25, -0.2) is 4.98 Å². The van der Waals surface area contributed by atoms with Gasteiger partial charge >= 0.3 is 0 Å². The molecule has 0 unspecified atom stereocenters. The van der Waals surface area contributed by atoms with E-state index >= 15 is 0 Å². The van der Waals surface area contributed by atoms with Gasteiger partial charge in [-0.15, -0.1) is 0 Å². The quantitative estimate of drug-likeness (QED) is 0.293. The molecule has 0 atom stereocenters. The lowest BCUT2D eigenvalue weighted by molar-refractivity contribution is 0.0376. The monoisotopic (exact) mass is 501 g/mol. The Bertz CT molecular complexity index is 1280. The average molecular weight is 502 g/mol. The second kappa shape index (κ2) is 11.6. The van der Waals surface area contributed by atoms with Crippen molar-refractivity contribution in [3.8, 4) is 16.9 Å². The molecule has 186 valence electrons. The van der Waals surface area contributed by atoms with Crippen LogP contribution in [0.5, 0.6) is 5.75 Å². The molecule has 0 aliphatic carbocycles. The first kappa shape index (κ1) is 24.4. The number of fused-ring (bicyclic) bond motifs is 1. The van der Waals surface area contributed by atoms with Gasteiger partial charge in [0.1, 0.15) is 5.75 Å². The maximum absolute atomic E-state index is 13.8. The molecule has 1 aromatic heterocycles. The SMILES string of the molecule is CCOc1ccc2nc(N(CCCN3CCOCC3)C(=O)c3ccc(-c4ccccc4)cc3)sc2c1. The van der Waals surface area contributed by atoms with Crippen LogP contribution in [-0.2, 0) is 4.74 Å². The van der Waals surface area contributed by atoms with Crippen LogP contribution in [0.25, 0.3) is 21.3 Å². The van der Waals surface area contributed by atoms with Crippen molar-refractivity contribution in [1.29, 1.82) is 0 Å². The van der Waals surface area contributed by atoms with Gasteiger partial charge in [0.05, 0.1) is 30.0 Å². The van der Waals surface area contributed by atoms with Crippen LogP contribution < -0.4 is 9.64 Å². The fourth-order valence-electron chi connectivity index (χ4n) is 4.42. The third-order valence-corrected chi connectivity index (χ3v) is 7.38. The van der Waals surface area contributed by atoms with Crippen molar-refractivity contribution in [2.45, 2.75) is 13.3 Å². The number of rotatable bonds is 9. The number of morpholine rings is 1. The Morgan fingerprint density at radius 3 is 2.53 bits per heavy atom. The number of carbonyl (C=O) groups is 1. The van der Waals surface area contributed by atoms with Crippen molar-refractivity contribution in [3.63, 3.8) is 0 Å². The van der Waals surface area contributed by atoms with Gasteiger partial charge < -0.3 is 9.47 Å². The van der Waals surface area contributed by atoms with Crippen LogP contribution in [0.15, 0.2) is 72.8 Å². The summed E-state index contributed by atoms with van der Waals surface area (Å²) in [4.78, 5) is 22.8. The summed E-state index contributed by atoms with van der Waals surface area (Å²) in [5, 5.41) is 0.720. The van der Waals surface area contributed by atoms with E-state index in [1.807, 2.05) is 72.5 Å². The number of anilines is 1. The summed E-state index contributed by atoms with van der Waals surface area (Å²) in [6, 6.07) is 24.0. The van der Waals surface area contributed by atoms with E-state index in [0.717, 1.165) is 71.5 Å². The highest BCUT2D eigenvalue weighted by Gasteiger charge is 2.22. The van der Waals surface area contributed by atoms with Crippen molar-refractivity contribution in [3.05, 3.63) is 78.4 Å². The Balaban J connectivity index is 1.39. The molecular formula is C29H31N3O3S. The number of amides is 1. The molecule has 2 heterocycles. The Morgan fingerprint density at radius 2 is 1.78 bits per heavy atom. The molecule has 36 heavy (non-hydrogen) atoms. The van der Waals surface area contributed by atoms with Gasteiger partial charge in [0.2, 0.25) is 0 Å². The smallest absolute Gasteiger partial charge is 0.260 e. The van der Waals surface area contributed by atoms with Crippen molar-refractivity contribution >= 4 is 32.6 Å². The highest BCUT2D eigenvalue weighted by Crippen LogP contribution is 2.32. The third-order valence-electron chi connectivity index (χ3n) is 6.33. The molecule has 1 aliphatic rings. The molecule has 0 radical (unpaired) electrons. The minimum atomic E-state index is -0.0272. The molecular weight excluding hydrogens is 470 g/mol. The summed E-state index contributed by atoms with van der Waals surface area (Å²) in [6.45, 7) is 7.55. The first-order chi connectivity index (χ1) is 17.7. The lowest BCUT2D eigenvalue weighted by atomic mass is 10.0. The van der Waals surface area contributed by atoms with E-state index < -0.39 is 0 Å². The number of nitrogens with zero attached hydrogens (tertiary/aromatic N) is 3. The fourth-order valence-corrected chi connectivity index (χ4v) is 5.44. The van der Waals surface area contributed by atoms with Crippen molar-refractivity contribution in [2.24, 2.45) is 0 Å². The zero-order chi connectivity index (χ0) is 24.7. The van der Waals surface area contributed by atoms with Gasteiger partial charge in [-0.2, -0.15) is 0 Å². The van der Waals surface area contributed by atoms with Crippen LogP contribution in [0, 0.1) is 0 Å². The van der Waals surface area contributed by atoms with Crippen LogP contribution in [-0.4, -0.2) is 61.8 Å². The van der Waals surface area contributed by atoms with Crippen molar-refractivity contribution in [2.75, 3.05) is 50.9 Å². The predicted molar refractivity (Wildman–Crippen MR) is 146 cm³/mol. The van der Waals surface area contributed by atoms with Crippen LogP contribution in [0.1, 0.15) is 23.7 Å². The number of hydrogen-bond acceptors (Lipinski definition) is 6. The third kappa shape index (κ3) is 5.75. The molecule has 3 aromatic carbocycles. The van der Waals surface area contributed by atoms with Crippen LogP contribution in [0.4, 0.5) is 5.13 Å². The second-order valence-corrected chi connectivity index (χ2v) is 9.78. The van der Waals surface area contributed by atoms with E-state index in [4.69, 9.17) is 14.5 Å². The molecule has 6 nitrogen and oxygen atoms in total. The standard InChI is InChI=1S/C29H31N3O3S/c1-2-35-25-13-14-26-27(21-25)36-29(30-26)32(16-6-15-31-17-19-34-20-18-31)28(33)24-11-9-23(10-12-24)22-7-4-3-5-8-22/h3-5,7-14,21H,2,6,15-20H2,1H3. The van der Waals surface area contributed by atoms with Crippen LogP contribution in [0.3, 0.4) is 0 Å². The Labute approximate surface area is 216 Å². The maximum Gasteiger partial charge on any atom is 0.260 e. The number of aromatic nitrogens is 1. The van der Waals surface area contributed by atoms with Crippen molar-refractivity contribution in [1.82, 2.24) is 9.88 Å². The Hall–Kier alpha value is -3.26. The van der Waals surface area contributed by atoms with E-state index in [1.54, 1.807) is 0 Å². The topological polar surface area (TPSA) is 54.9 Å². The Morgan fingerprint density at radius 1 is 1.03 bits per heavy atom. The van der Waals surface area contributed by atoms with E-state index in [2.05, 4.69) is 17.0 Å². The highest BCUT2D eigenvalue weighted by molar-refractivity contribution is 7.22. The van der Waals surface area contributed by atoms with E-state index in [9.17, 15) is 4.79 Å². The van der Waals surface area contributed by atoms with E-state index in [1.165, 1.54) is 11.3 Å². The zero-order valence-corrected chi connectivity index (χ0v) is 21.4. The Kier molecular flexibility index (Phi) is 7.91. The summed E-state index contributed by atoms with van der Waals surface area (Å²) in [5.41, 5.74) is 3.77. The van der Waals surface area contributed by atoms with Crippen LogP contribution >= 0.6 is 11.3 Å². The molecule has 5 rings (SSSR count). The first-order valence-electron chi connectivity index (χ1n) is 12.5. The zero-order valence-electron chi connectivity index (χ0n) is 20.6. The molecule has 0 saturated carbocycles. The van der Waals surface area contributed by atoms with Crippen LogP contribution in [0.2, 0.25) is 0 Å². The van der Waals surface area contributed by atoms with Gasteiger partial charge in [-0.05, 0) is 54.8 Å². The molecule has 0 bridgehead atoms. The number of thiazole rings is 1.